The number of benzene rings is 1. The third kappa shape index (κ3) is 1.41. The zero-order valence-electron chi connectivity index (χ0n) is 6.00. The Morgan fingerprint density at radius 3 is 2.82 bits per heavy atom. The quantitative estimate of drug-likeness (QED) is 0.608. The maximum atomic E-state index is 10.8. The van der Waals surface area contributed by atoms with Crippen molar-refractivity contribution in [3.05, 3.63) is 23.8 Å². The Morgan fingerprint density at radius 1 is 1.55 bits per heavy atom. The van der Waals surface area contributed by atoms with E-state index in [0.717, 1.165) is 0 Å². The van der Waals surface area contributed by atoms with Gasteiger partial charge >= 0.3 is 0 Å². The van der Waals surface area contributed by atoms with Crippen LogP contribution in [0.3, 0.4) is 0 Å². The summed E-state index contributed by atoms with van der Waals surface area (Å²) in [6.45, 7) is 0. The zero-order valence-corrected chi connectivity index (χ0v) is 6.00. The van der Waals surface area contributed by atoms with Crippen LogP contribution in [0.5, 0.6) is 11.5 Å². The molecule has 1 aromatic rings. The van der Waals surface area contributed by atoms with Gasteiger partial charge in [0.25, 0.3) is 0 Å². The fraction of sp³-hybridized carbons (Fsp3) is 0.125. The van der Waals surface area contributed by atoms with Crippen molar-refractivity contribution in [2.24, 2.45) is 0 Å². The largest absolute Gasteiger partial charge is 0.497 e. The van der Waals surface area contributed by atoms with Gasteiger partial charge in [-0.1, -0.05) is 0 Å². The molecule has 1 rings (SSSR count). The first kappa shape index (κ1) is 7.42. The minimum Gasteiger partial charge on any atom is -0.497 e. The van der Waals surface area contributed by atoms with Crippen LogP contribution in [0.1, 0.15) is 5.56 Å². The second-order valence-corrected chi connectivity index (χ2v) is 1.97. The molecule has 0 heterocycles. The third-order valence-electron chi connectivity index (χ3n) is 1.31. The molecule has 11 heavy (non-hydrogen) atoms. The molecule has 0 N–H and O–H groups in total. The van der Waals surface area contributed by atoms with Gasteiger partial charge in [0.2, 0.25) is 0 Å². The van der Waals surface area contributed by atoms with Crippen LogP contribution in [0.2, 0.25) is 0 Å². The van der Waals surface area contributed by atoms with Crippen LogP contribution in [0.25, 0.3) is 0 Å². The van der Waals surface area contributed by atoms with E-state index in [4.69, 9.17) is 10.00 Å². The molecule has 0 atom stereocenters. The molecule has 0 spiro atoms. The second-order valence-electron chi connectivity index (χ2n) is 1.97. The van der Waals surface area contributed by atoms with Crippen LogP contribution in [-0.4, -0.2) is 7.11 Å². The number of hydrogen-bond donors (Lipinski definition) is 0. The van der Waals surface area contributed by atoms with Gasteiger partial charge in [-0.25, -0.2) is 0 Å². The standard InChI is InChI=1S/C8H6NO2/c1-11-7-2-3-8(10)6(4-7)5-9/h2-4H,1H3. The van der Waals surface area contributed by atoms with E-state index in [1.165, 1.54) is 25.3 Å². The van der Waals surface area contributed by atoms with E-state index in [9.17, 15) is 5.11 Å². The maximum absolute atomic E-state index is 10.8. The monoisotopic (exact) mass is 148 g/mol. The first-order valence-corrected chi connectivity index (χ1v) is 3.03. The highest BCUT2D eigenvalue weighted by molar-refractivity contribution is 5.46. The lowest BCUT2D eigenvalue weighted by atomic mass is 10.2. The predicted molar refractivity (Wildman–Crippen MR) is 37.8 cm³/mol. The van der Waals surface area contributed by atoms with Gasteiger partial charge in [-0.05, 0) is 12.1 Å². The van der Waals surface area contributed by atoms with Crippen molar-refractivity contribution in [3.63, 3.8) is 0 Å². The lowest BCUT2D eigenvalue weighted by Crippen LogP contribution is -1.83. The van der Waals surface area contributed by atoms with E-state index in [1.54, 1.807) is 6.07 Å². The van der Waals surface area contributed by atoms with Gasteiger partial charge in [0, 0.05) is 6.07 Å². The van der Waals surface area contributed by atoms with Crippen molar-refractivity contribution in [3.8, 4) is 17.6 Å². The molecular weight excluding hydrogens is 142 g/mol. The molecular formula is C8H6NO2. The highest BCUT2D eigenvalue weighted by Gasteiger charge is 2.02. The molecule has 0 amide bonds. The molecule has 0 aliphatic heterocycles. The number of nitriles is 1. The molecule has 1 aromatic carbocycles. The predicted octanol–water partition coefficient (Wildman–Crippen LogP) is 1.71. The van der Waals surface area contributed by atoms with Crippen molar-refractivity contribution in [1.29, 1.82) is 5.26 Å². The third-order valence-corrected chi connectivity index (χ3v) is 1.31. The van der Waals surface area contributed by atoms with Gasteiger partial charge in [0.1, 0.15) is 17.4 Å². The van der Waals surface area contributed by atoms with Crippen molar-refractivity contribution in [2.45, 2.75) is 0 Å². The molecule has 0 saturated heterocycles. The molecule has 0 unspecified atom stereocenters. The Hall–Kier alpha value is -1.69. The summed E-state index contributed by atoms with van der Waals surface area (Å²) in [6.07, 6.45) is 0. The highest BCUT2D eigenvalue weighted by atomic mass is 16.5. The van der Waals surface area contributed by atoms with Crippen molar-refractivity contribution >= 4 is 0 Å². The number of methoxy groups -OCH3 is 1. The molecule has 3 nitrogen and oxygen atoms in total. The Morgan fingerprint density at radius 2 is 2.27 bits per heavy atom. The van der Waals surface area contributed by atoms with Crippen molar-refractivity contribution in [2.75, 3.05) is 7.11 Å². The molecule has 1 radical (unpaired) electrons. The van der Waals surface area contributed by atoms with E-state index in [0.29, 0.717) is 5.75 Å². The minimum atomic E-state index is -0.270. The van der Waals surface area contributed by atoms with E-state index >= 15 is 0 Å². The topological polar surface area (TPSA) is 52.9 Å². The molecule has 0 aliphatic rings. The summed E-state index contributed by atoms with van der Waals surface area (Å²) in [4.78, 5) is 0. The maximum Gasteiger partial charge on any atom is 0.196 e. The summed E-state index contributed by atoms with van der Waals surface area (Å²) in [5.41, 5.74) is 0.115. The minimum absolute atomic E-state index is 0.115. The van der Waals surface area contributed by atoms with Gasteiger partial charge in [0.15, 0.2) is 5.75 Å². The Labute approximate surface area is 64.5 Å². The van der Waals surface area contributed by atoms with Crippen LogP contribution in [0, 0.1) is 11.3 Å². The second kappa shape index (κ2) is 2.93. The summed E-state index contributed by atoms with van der Waals surface area (Å²) in [5, 5.41) is 19.3. The van der Waals surface area contributed by atoms with Gasteiger partial charge in [0.05, 0.1) is 7.11 Å². The summed E-state index contributed by atoms with van der Waals surface area (Å²) in [7, 11) is 1.49. The fourth-order valence-electron chi connectivity index (χ4n) is 0.723. The van der Waals surface area contributed by atoms with Crippen LogP contribution >= 0.6 is 0 Å². The lowest BCUT2D eigenvalue weighted by Gasteiger charge is -1.98. The Bertz CT molecular complexity index is 301. The SMILES string of the molecule is COc1ccc([O])c(C#N)c1. The Kier molecular flexibility index (Phi) is 1.98. The van der Waals surface area contributed by atoms with Gasteiger partial charge in [-0.3, -0.25) is 5.11 Å². The van der Waals surface area contributed by atoms with Gasteiger partial charge in [-0.15, -0.1) is 0 Å². The molecule has 0 fully saturated rings. The number of nitrogens with zero attached hydrogens (tertiary/aromatic N) is 1. The summed E-state index contributed by atoms with van der Waals surface area (Å²) in [5.74, 6) is 0.259. The smallest absolute Gasteiger partial charge is 0.196 e. The fourth-order valence-corrected chi connectivity index (χ4v) is 0.723. The number of rotatable bonds is 1. The van der Waals surface area contributed by atoms with Crippen molar-refractivity contribution < 1.29 is 9.84 Å². The average molecular weight is 148 g/mol. The molecule has 0 aromatic heterocycles. The first-order valence-electron chi connectivity index (χ1n) is 3.03. The van der Waals surface area contributed by atoms with Crippen LogP contribution in [0.4, 0.5) is 0 Å². The molecule has 55 valence electrons. The molecule has 0 aliphatic carbocycles. The van der Waals surface area contributed by atoms with Crippen molar-refractivity contribution in [1.82, 2.24) is 0 Å². The first-order chi connectivity index (χ1) is 5.27. The van der Waals surface area contributed by atoms with E-state index in [-0.39, 0.29) is 11.3 Å². The molecule has 3 heteroatoms. The zero-order chi connectivity index (χ0) is 8.27. The summed E-state index contributed by atoms with van der Waals surface area (Å²) < 4.78 is 4.82. The number of hydrogen-bond acceptors (Lipinski definition) is 2. The van der Waals surface area contributed by atoms with Crippen LogP contribution < -0.4 is 4.74 Å². The van der Waals surface area contributed by atoms with Gasteiger partial charge < -0.3 is 4.74 Å². The normalized spacial score (nSPS) is 8.73. The van der Waals surface area contributed by atoms with E-state index < -0.39 is 0 Å². The molecule has 0 saturated carbocycles. The van der Waals surface area contributed by atoms with E-state index in [1.807, 2.05) is 0 Å². The highest BCUT2D eigenvalue weighted by Crippen LogP contribution is 2.21. The molecule has 0 bridgehead atoms. The van der Waals surface area contributed by atoms with Gasteiger partial charge in [-0.2, -0.15) is 5.26 Å². The lowest BCUT2D eigenvalue weighted by molar-refractivity contribution is 0.351. The summed E-state index contributed by atoms with van der Waals surface area (Å²) >= 11 is 0. The average Bonchev–Trinajstić information content (AvgIpc) is 2.05. The summed E-state index contributed by atoms with van der Waals surface area (Å²) in [6, 6.07) is 6.04. The van der Waals surface area contributed by atoms with Crippen LogP contribution in [0.15, 0.2) is 18.2 Å². The Balaban J connectivity index is 3.15. The number of ether oxygens (including phenoxy) is 1. The van der Waals surface area contributed by atoms with Crippen LogP contribution in [-0.2, 0) is 5.11 Å². The van der Waals surface area contributed by atoms with E-state index in [2.05, 4.69) is 0 Å².